The highest BCUT2D eigenvalue weighted by Gasteiger charge is 2.53. The number of carbonyl (C=O) groups excluding carboxylic acids is 1. The first-order chi connectivity index (χ1) is 9.56. The molecule has 0 spiro atoms. The van der Waals surface area contributed by atoms with Crippen molar-refractivity contribution in [3.8, 4) is 0 Å². The average Bonchev–Trinajstić information content (AvgIpc) is 2.60. The van der Waals surface area contributed by atoms with E-state index < -0.39 is 27.5 Å². The molecule has 116 valence electrons. The predicted octanol–water partition coefficient (Wildman–Crippen LogP) is 2.41. The van der Waals surface area contributed by atoms with Gasteiger partial charge in [-0.05, 0) is 33.3 Å². The van der Waals surface area contributed by atoms with Crippen LogP contribution in [-0.4, -0.2) is 31.0 Å². The summed E-state index contributed by atoms with van der Waals surface area (Å²) in [6.45, 7) is 6.52. The van der Waals surface area contributed by atoms with Gasteiger partial charge in [0, 0.05) is 0 Å². The Morgan fingerprint density at radius 3 is 2.38 bits per heavy atom. The van der Waals surface area contributed by atoms with Crippen LogP contribution in [0.4, 0.5) is 4.79 Å². The molecule has 7 heteroatoms. The van der Waals surface area contributed by atoms with E-state index in [0.29, 0.717) is 9.87 Å². The third-order valence-corrected chi connectivity index (χ3v) is 4.53. The lowest BCUT2D eigenvalue weighted by molar-refractivity contribution is 0.0266. The minimum absolute atomic E-state index is 0.140. The van der Waals surface area contributed by atoms with Gasteiger partial charge in [-0.3, -0.25) is 4.18 Å². The van der Waals surface area contributed by atoms with E-state index in [9.17, 15) is 13.2 Å². The molecule has 6 nitrogen and oxygen atoms in total. The number of nitrogens with zero attached hydrogens (tertiary/aromatic N) is 1. The summed E-state index contributed by atoms with van der Waals surface area (Å²) in [4.78, 5) is 12.3. The van der Waals surface area contributed by atoms with Crippen LogP contribution in [0.2, 0.25) is 0 Å². The van der Waals surface area contributed by atoms with Crippen LogP contribution in [0, 0.1) is 0 Å². The first-order valence-corrected chi connectivity index (χ1v) is 7.91. The Kier molecular flexibility index (Phi) is 3.75. The Balaban J connectivity index is 2.45. The number of ether oxygens (including phenoxy) is 1. The molecule has 0 bridgehead atoms. The molecule has 1 aliphatic rings. The second-order valence-corrected chi connectivity index (χ2v) is 7.56. The van der Waals surface area contributed by atoms with Crippen LogP contribution >= 0.6 is 0 Å². The molecule has 0 saturated carbocycles. The summed E-state index contributed by atoms with van der Waals surface area (Å²) in [5.74, 6) is 0. The molecule has 0 aliphatic carbocycles. The van der Waals surface area contributed by atoms with Crippen LogP contribution in [0.1, 0.15) is 33.3 Å². The number of carbonyl (C=O) groups is 1. The molecule has 0 N–H and O–H groups in total. The normalized spacial score (nSPS) is 24.9. The number of hydrogen-bond acceptors (Lipinski definition) is 5. The SMILES string of the molecule is CC(C)(C)OC(=O)N1C(C)(c2ccccc2)COS1(=O)=O. The maximum absolute atomic E-state index is 12.3. The molecule has 1 aliphatic heterocycles. The highest BCUT2D eigenvalue weighted by molar-refractivity contribution is 7.85. The molecule has 1 atom stereocenters. The molecular formula is C14H19NO5S. The molecule has 1 aromatic rings. The summed E-state index contributed by atoms with van der Waals surface area (Å²) in [6.07, 6.45) is -0.939. The fourth-order valence-electron chi connectivity index (χ4n) is 2.14. The van der Waals surface area contributed by atoms with E-state index in [1.54, 1.807) is 52.0 Å². The van der Waals surface area contributed by atoms with Crippen LogP contribution < -0.4 is 0 Å². The number of rotatable bonds is 1. The minimum atomic E-state index is -4.16. The minimum Gasteiger partial charge on any atom is -0.443 e. The zero-order valence-corrected chi connectivity index (χ0v) is 13.3. The fourth-order valence-corrected chi connectivity index (χ4v) is 3.50. The lowest BCUT2D eigenvalue weighted by atomic mass is 9.93. The van der Waals surface area contributed by atoms with Crippen LogP contribution in [0.15, 0.2) is 30.3 Å². The topological polar surface area (TPSA) is 72.9 Å². The van der Waals surface area contributed by atoms with Crippen molar-refractivity contribution < 1.29 is 22.1 Å². The largest absolute Gasteiger partial charge is 0.443 e. The zero-order chi connectivity index (χ0) is 15.9. The number of hydrogen-bond donors (Lipinski definition) is 0. The summed E-state index contributed by atoms with van der Waals surface area (Å²) in [7, 11) is -4.16. The first-order valence-electron chi connectivity index (χ1n) is 6.55. The van der Waals surface area contributed by atoms with Gasteiger partial charge in [-0.25, -0.2) is 4.79 Å². The highest BCUT2D eigenvalue weighted by Crippen LogP contribution is 2.38. The van der Waals surface area contributed by atoms with Gasteiger partial charge in [0.2, 0.25) is 0 Å². The Morgan fingerprint density at radius 2 is 1.86 bits per heavy atom. The van der Waals surface area contributed by atoms with E-state index in [1.807, 2.05) is 6.07 Å². The quantitative estimate of drug-likeness (QED) is 0.796. The third kappa shape index (κ3) is 3.03. The smallest absolute Gasteiger partial charge is 0.426 e. The summed E-state index contributed by atoms with van der Waals surface area (Å²) in [5.41, 5.74) is -1.26. The van der Waals surface area contributed by atoms with E-state index in [0.717, 1.165) is 0 Å². The molecule has 1 saturated heterocycles. The van der Waals surface area contributed by atoms with E-state index in [1.165, 1.54) is 0 Å². The highest BCUT2D eigenvalue weighted by atomic mass is 32.2. The van der Waals surface area contributed by atoms with Gasteiger partial charge < -0.3 is 4.74 Å². The monoisotopic (exact) mass is 313 g/mol. The zero-order valence-electron chi connectivity index (χ0n) is 12.5. The van der Waals surface area contributed by atoms with Gasteiger partial charge >= 0.3 is 16.4 Å². The Morgan fingerprint density at radius 1 is 1.29 bits per heavy atom. The number of benzene rings is 1. The third-order valence-electron chi connectivity index (χ3n) is 3.12. The van der Waals surface area contributed by atoms with Gasteiger partial charge in [-0.15, -0.1) is 0 Å². The fraction of sp³-hybridized carbons (Fsp3) is 0.500. The first kappa shape index (κ1) is 15.8. The van der Waals surface area contributed by atoms with Gasteiger partial charge in [0.25, 0.3) is 0 Å². The van der Waals surface area contributed by atoms with Crippen molar-refractivity contribution in [1.82, 2.24) is 4.31 Å². The average molecular weight is 313 g/mol. The maximum Gasteiger partial charge on any atom is 0.426 e. The van der Waals surface area contributed by atoms with Crippen molar-refractivity contribution in [3.63, 3.8) is 0 Å². The van der Waals surface area contributed by atoms with Gasteiger partial charge in [0.05, 0.1) is 6.61 Å². The van der Waals surface area contributed by atoms with E-state index in [2.05, 4.69) is 0 Å². The maximum atomic E-state index is 12.3. The second kappa shape index (κ2) is 4.99. The lowest BCUT2D eigenvalue weighted by Crippen LogP contribution is -2.48. The summed E-state index contributed by atoms with van der Waals surface area (Å²) in [5, 5.41) is 0. The van der Waals surface area contributed by atoms with Crippen LogP contribution in [0.25, 0.3) is 0 Å². The van der Waals surface area contributed by atoms with E-state index >= 15 is 0 Å². The molecule has 1 fully saturated rings. The number of amides is 1. The molecule has 21 heavy (non-hydrogen) atoms. The van der Waals surface area contributed by atoms with Gasteiger partial charge in [-0.2, -0.15) is 12.7 Å². The van der Waals surface area contributed by atoms with Crippen LogP contribution in [-0.2, 0) is 24.8 Å². The molecule has 0 aromatic heterocycles. The lowest BCUT2D eigenvalue weighted by Gasteiger charge is -2.32. The molecule has 1 heterocycles. The Hall–Kier alpha value is -1.60. The van der Waals surface area contributed by atoms with Gasteiger partial charge in [-0.1, -0.05) is 30.3 Å². The molecule has 1 aromatic carbocycles. The summed E-state index contributed by atoms with van der Waals surface area (Å²) >= 11 is 0. The van der Waals surface area contributed by atoms with E-state index in [4.69, 9.17) is 8.92 Å². The van der Waals surface area contributed by atoms with Crippen LogP contribution in [0.3, 0.4) is 0 Å². The standard InChI is InChI=1S/C14H19NO5S/c1-13(2,3)20-12(16)15-14(4,10-19-21(15,17)18)11-8-6-5-7-9-11/h5-9H,10H2,1-4H3. The molecule has 1 unspecified atom stereocenters. The predicted molar refractivity (Wildman–Crippen MR) is 76.7 cm³/mol. The van der Waals surface area contributed by atoms with Crippen molar-refractivity contribution in [3.05, 3.63) is 35.9 Å². The molecule has 1 amide bonds. The van der Waals surface area contributed by atoms with Crippen molar-refractivity contribution in [2.75, 3.05) is 6.61 Å². The second-order valence-electron chi connectivity index (χ2n) is 6.10. The van der Waals surface area contributed by atoms with Crippen molar-refractivity contribution in [2.45, 2.75) is 38.8 Å². The van der Waals surface area contributed by atoms with Crippen molar-refractivity contribution in [1.29, 1.82) is 0 Å². The molecule has 2 rings (SSSR count). The summed E-state index contributed by atoms with van der Waals surface area (Å²) in [6, 6.07) is 8.87. The van der Waals surface area contributed by atoms with E-state index in [-0.39, 0.29) is 6.61 Å². The van der Waals surface area contributed by atoms with Gasteiger partial charge in [0.15, 0.2) is 0 Å². The molecule has 0 radical (unpaired) electrons. The van der Waals surface area contributed by atoms with Crippen molar-refractivity contribution in [2.24, 2.45) is 0 Å². The Bertz CT molecular complexity index is 635. The van der Waals surface area contributed by atoms with Crippen molar-refractivity contribution >= 4 is 16.4 Å². The summed E-state index contributed by atoms with van der Waals surface area (Å²) < 4.78 is 34.9. The molecular weight excluding hydrogens is 294 g/mol. The van der Waals surface area contributed by atoms with Gasteiger partial charge in [0.1, 0.15) is 11.1 Å². The Labute approximate surface area is 124 Å². The van der Waals surface area contributed by atoms with Crippen LogP contribution in [0.5, 0.6) is 0 Å².